The molecule has 0 spiro atoms. The molecule has 1 atom stereocenters. The lowest BCUT2D eigenvalue weighted by Crippen LogP contribution is -2.29. The Morgan fingerprint density at radius 1 is 1.29 bits per heavy atom. The standard InChI is InChI=1S/C14H22N2O4S/c1-3-11(8-9-17)10-15-14(18)12-4-6-13(7-5-12)16-21(2,19)20/h4-7,11,16-17H,3,8-10H2,1-2H3,(H,15,18). The minimum Gasteiger partial charge on any atom is -0.396 e. The summed E-state index contributed by atoms with van der Waals surface area (Å²) < 4.78 is 24.5. The average Bonchev–Trinajstić information content (AvgIpc) is 2.42. The fourth-order valence-electron chi connectivity index (χ4n) is 1.88. The number of rotatable bonds is 8. The van der Waals surface area contributed by atoms with Gasteiger partial charge in [-0.15, -0.1) is 0 Å². The SMILES string of the molecule is CCC(CCO)CNC(=O)c1ccc(NS(C)(=O)=O)cc1. The highest BCUT2D eigenvalue weighted by molar-refractivity contribution is 7.92. The van der Waals surface area contributed by atoms with Crippen molar-refractivity contribution in [1.29, 1.82) is 0 Å². The quantitative estimate of drug-likeness (QED) is 0.672. The molecule has 7 heteroatoms. The lowest BCUT2D eigenvalue weighted by molar-refractivity contribution is 0.0943. The number of carbonyl (C=O) groups excluding carboxylic acids is 1. The van der Waals surface area contributed by atoms with Gasteiger partial charge in [-0.1, -0.05) is 13.3 Å². The Bertz CT molecular complexity index is 555. The second-order valence-electron chi connectivity index (χ2n) is 4.95. The third-order valence-corrected chi connectivity index (χ3v) is 3.72. The number of amides is 1. The van der Waals surface area contributed by atoms with Crippen LogP contribution in [0.2, 0.25) is 0 Å². The molecule has 1 unspecified atom stereocenters. The number of nitrogens with one attached hydrogen (secondary N) is 2. The number of hydrogen-bond donors (Lipinski definition) is 3. The number of benzene rings is 1. The van der Waals surface area contributed by atoms with Gasteiger partial charge in [0.2, 0.25) is 10.0 Å². The normalized spacial score (nSPS) is 12.7. The van der Waals surface area contributed by atoms with Crippen LogP contribution in [0.1, 0.15) is 30.1 Å². The molecule has 0 heterocycles. The van der Waals surface area contributed by atoms with Crippen LogP contribution < -0.4 is 10.0 Å². The monoisotopic (exact) mass is 314 g/mol. The van der Waals surface area contributed by atoms with Crippen LogP contribution >= 0.6 is 0 Å². The van der Waals surface area contributed by atoms with Crippen molar-refractivity contribution in [2.24, 2.45) is 5.92 Å². The Balaban J connectivity index is 2.59. The molecule has 1 rings (SSSR count). The molecule has 1 amide bonds. The number of hydrogen-bond acceptors (Lipinski definition) is 4. The summed E-state index contributed by atoms with van der Waals surface area (Å²) in [7, 11) is -3.32. The second-order valence-corrected chi connectivity index (χ2v) is 6.70. The summed E-state index contributed by atoms with van der Waals surface area (Å²) >= 11 is 0. The lowest BCUT2D eigenvalue weighted by Gasteiger charge is -2.14. The first-order valence-electron chi connectivity index (χ1n) is 6.82. The third kappa shape index (κ3) is 6.59. The molecule has 3 N–H and O–H groups in total. The van der Waals surface area contributed by atoms with E-state index in [-0.39, 0.29) is 18.4 Å². The molecule has 0 radical (unpaired) electrons. The summed E-state index contributed by atoms with van der Waals surface area (Å²) in [6, 6.07) is 6.22. The largest absolute Gasteiger partial charge is 0.396 e. The first-order valence-corrected chi connectivity index (χ1v) is 8.71. The Morgan fingerprint density at radius 2 is 1.90 bits per heavy atom. The predicted molar refractivity (Wildman–Crippen MR) is 82.7 cm³/mol. The van der Waals surface area contributed by atoms with Crippen molar-refractivity contribution in [2.75, 3.05) is 24.1 Å². The van der Waals surface area contributed by atoms with Gasteiger partial charge in [-0.2, -0.15) is 0 Å². The average molecular weight is 314 g/mol. The first-order chi connectivity index (χ1) is 9.85. The van der Waals surface area contributed by atoms with E-state index in [0.29, 0.717) is 24.2 Å². The highest BCUT2D eigenvalue weighted by Crippen LogP contribution is 2.11. The zero-order chi connectivity index (χ0) is 15.9. The van der Waals surface area contributed by atoms with E-state index in [2.05, 4.69) is 10.0 Å². The van der Waals surface area contributed by atoms with Crippen molar-refractivity contribution in [3.63, 3.8) is 0 Å². The van der Waals surface area contributed by atoms with Crippen molar-refractivity contribution >= 4 is 21.6 Å². The predicted octanol–water partition coefficient (Wildman–Crippen LogP) is 1.20. The third-order valence-electron chi connectivity index (χ3n) is 3.12. The van der Waals surface area contributed by atoms with Crippen LogP contribution in [0.5, 0.6) is 0 Å². The van der Waals surface area contributed by atoms with Gasteiger partial charge in [-0.3, -0.25) is 9.52 Å². The molecule has 118 valence electrons. The van der Waals surface area contributed by atoms with Crippen molar-refractivity contribution < 1.29 is 18.3 Å². The highest BCUT2D eigenvalue weighted by atomic mass is 32.2. The van der Waals surface area contributed by atoms with Gasteiger partial charge in [0, 0.05) is 24.4 Å². The summed E-state index contributed by atoms with van der Waals surface area (Å²) in [5.74, 6) is 0.0439. The second kappa shape index (κ2) is 7.99. The molecule has 0 saturated carbocycles. The molecule has 21 heavy (non-hydrogen) atoms. The summed E-state index contributed by atoms with van der Waals surface area (Å²) in [4.78, 5) is 12.0. The Morgan fingerprint density at radius 3 is 2.38 bits per heavy atom. The van der Waals surface area contributed by atoms with E-state index in [1.54, 1.807) is 24.3 Å². The number of aliphatic hydroxyl groups excluding tert-OH is 1. The topological polar surface area (TPSA) is 95.5 Å². The minimum absolute atomic E-state index is 0.111. The summed E-state index contributed by atoms with van der Waals surface area (Å²) in [5, 5.41) is 11.7. The van der Waals surface area contributed by atoms with Gasteiger partial charge < -0.3 is 10.4 Å². The van der Waals surface area contributed by atoms with E-state index in [9.17, 15) is 13.2 Å². The van der Waals surface area contributed by atoms with Crippen LogP contribution in [0.15, 0.2) is 24.3 Å². The van der Waals surface area contributed by atoms with Crippen LogP contribution in [0, 0.1) is 5.92 Å². The van der Waals surface area contributed by atoms with E-state index >= 15 is 0 Å². The van der Waals surface area contributed by atoms with Crippen molar-refractivity contribution in [2.45, 2.75) is 19.8 Å². The maximum absolute atomic E-state index is 12.0. The molecule has 0 aliphatic carbocycles. The van der Waals surface area contributed by atoms with Crippen molar-refractivity contribution in [1.82, 2.24) is 5.32 Å². The van der Waals surface area contributed by atoms with E-state index in [1.807, 2.05) is 6.92 Å². The molecule has 0 aliphatic rings. The lowest BCUT2D eigenvalue weighted by atomic mass is 10.0. The molecular formula is C14H22N2O4S. The number of aliphatic hydroxyl groups is 1. The Hall–Kier alpha value is -1.60. The van der Waals surface area contributed by atoms with E-state index in [0.717, 1.165) is 12.7 Å². The zero-order valence-corrected chi connectivity index (χ0v) is 13.1. The summed E-state index contributed by atoms with van der Waals surface area (Å²) in [6.45, 7) is 2.64. The van der Waals surface area contributed by atoms with Gasteiger partial charge in [0.1, 0.15) is 0 Å². The van der Waals surface area contributed by atoms with Gasteiger partial charge >= 0.3 is 0 Å². The molecular weight excluding hydrogens is 292 g/mol. The summed E-state index contributed by atoms with van der Waals surface area (Å²) in [5.41, 5.74) is 0.883. The zero-order valence-electron chi connectivity index (χ0n) is 12.3. The highest BCUT2D eigenvalue weighted by Gasteiger charge is 2.10. The van der Waals surface area contributed by atoms with Crippen LogP contribution in [0.3, 0.4) is 0 Å². The van der Waals surface area contributed by atoms with Gasteiger partial charge in [-0.05, 0) is 36.6 Å². The summed E-state index contributed by atoms with van der Waals surface area (Å²) in [6.07, 6.45) is 2.62. The van der Waals surface area contributed by atoms with Gasteiger partial charge in [-0.25, -0.2) is 8.42 Å². The van der Waals surface area contributed by atoms with Crippen LogP contribution in [0.25, 0.3) is 0 Å². The minimum atomic E-state index is -3.32. The first kappa shape index (κ1) is 17.5. The molecule has 0 saturated heterocycles. The molecule has 0 aliphatic heterocycles. The Labute approximate surface area is 125 Å². The molecule has 1 aromatic carbocycles. The molecule has 0 aromatic heterocycles. The number of sulfonamides is 1. The van der Waals surface area contributed by atoms with Crippen LogP contribution in [-0.4, -0.2) is 38.8 Å². The maximum Gasteiger partial charge on any atom is 0.251 e. The van der Waals surface area contributed by atoms with E-state index in [4.69, 9.17) is 5.11 Å². The fraction of sp³-hybridized carbons (Fsp3) is 0.500. The molecule has 0 bridgehead atoms. The van der Waals surface area contributed by atoms with E-state index < -0.39 is 10.0 Å². The van der Waals surface area contributed by atoms with Crippen LogP contribution in [0.4, 0.5) is 5.69 Å². The number of carbonyl (C=O) groups is 1. The molecule has 6 nitrogen and oxygen atoms in total. The van der Waals surface area contributed by atoms with Gasteiger partial charge in [0.05, 0.1) is 6.26 Å². The maximum atomic E-state index is 12.0. The van der Waals surface area contributed by atoms with Crippen LogP contribution in [-0.2, 0) is 10.0 Å². The van der Waals surface area contributed by atoms with E-state index in [1.165, 1.54) is 0 Å². The number of anilines is 1. The smallest absolute Gasteiger partial charge is 0.251 e. The molecule has 1 aromatic rings. The molecule has 0 fully saturated rings. The van der Waals surface area contributed by atoms with Gasteiger partial charge in [0.15, 0.2) is 0 Å². The fourth-order valence-corrected chi connectivity index (χ4v) is 2.44. The van der Waals surface area contributed by atoms with Gasteiger partial charge in [0.25, 0.3) is 5.91 Å². The van der Waals surface area contributed by atoms with Crippen molar-refractivity contribution in [3.05, 3.63) is 29.8 Å². The Kier molecular flexibility index (Phi) is 6.64. The van der Waals surface area contributed by atoms with Crippen molar-refractivity contribution in [3.8, 4) is 0 Å².